The Kier molecular flexibility index (Phi) is 32.9. The molecule has 0 amide bonds. The zero-order valence-corrected chi connectivity index (χ0v) is 34.7. The van der Waals surface area contributed by atoms with Gasteiger partial charge < -0.3 is 9.79 Å². The van der Waals surface area contributed by atoms with Gasteiger partial charge in [0, 0.05) is 4.90 Å². The average Bonchev–Trinajstić information content (AvgIpc) is 2.97. The molecule has 0 saturated heterocycles. The van der Waals surface area contributed by atoms with E-state index in [1.165, 1.54) is 184 Å². The van der Waals surface area contributed by atoms with Crippen molar-refractivity contribution in [1.29, 1.82) is 0 Å². The van der Waals surface area contributed by atoms with Crippen molar-refractivity contribution in [3.05, 3.63) is 29.3 Å². The van der Waals surface area contributed by atoms with E-state index in [4.69, 9.17) is 11.8 Å². The van der Waals surface area contributed by atoms with Crippen LogP contribution in [0.15, 0.2) is 23.1 Å². The Bertz CT molecular complexity index is 801. The predicted molar refractivity (Wildman–Crippen MR) is 195 cm³/mol. The van der Waals surface area contributed by atoms with Gasteiger partial charge in [-0.3, -0.25) is 0 Å². The average molecular weight is 718 g/mol. The maximum Gasteiger partial charge on any atom is 2.00 e. The first-order valence-electron chi connectivity index (χ1n) is 18.8. The van der Waals surface area contributed by atoms with Gasteiger partial charge in [-0.25, -0.2) is 0 Å². The van der Waals surface area contributed by atoms with E-state index in [2.05, 4.69) is 19.9 Å². The molecule has 252 valence electrons. The summed E-state index contributed by atoms with van der Waals surface area (Å²) in [6, 6.07) is 6.22. The Hall–Kier alpha value is 0.763. The van der Waals surface area contributed by atoms with Gasteiger partial charge in [-0.2, -0.15) is 5.69 Å². The molecule has 0 saturated carbocycles. The zero-order valence-electron chi connectivity index (χ0n) is 29.2. The van der Waals surface area contributed by atoms with Crippen LogP contribution in [-0.4, -0.2) is 0 Å². The quantitative estimate of drug-likeness (QED) is 0.0423. The van der Waals surface area contributed by atoms with Crippen molar-refractivity contribution in [3.8, 4) is 0 Å². The van der Waals surface area contributed by atoms with Crippen LogP contribution in [0.2, 0.25) is 0 Å². The number of aryl methyl sites for hydroxylation is 1. The summed E-state index contributed by atoms with van der Waals surface area (Å²) in [7, 11) is 0. The predicted octanol–water partition coefficient (Wildman–Crippen LogP) is 12.8. The first kappa shape index (κ1) is 44.8. The standard InChI is InChI=1S/C38H71O2PS2.Zn/c1-3-5-7-9-11-13-15-17-19-21-23-25-27-29-32-36-33-31-35-38(43-41(39,40)42)37(36)34-30-28-26-24-22-20-18-16-14-12-10-8-6-4-2;/h31,33,35H,3-30,32,34H2,1-2H3,(H2,39,40,42);/q;+2/p-2. The second-order valence-corrected chi connectivity index (χ2v) is 18.8. The summed E-state index contributed by atoms with van der Waals surface area (Å²) < 4.78 is 0. The third kappa shape index (κ3) is 27.8. The summed E-state index contributed by atoms with van der Waals surface area (Å²) in [4.78, 5) is 24.8. The Morgan fingerprint density at radius 3 is 1.16 bits per heavy atom. The van der Waals surface area contributed by atoms with Crippen LogP contribution in [0.25, 0.3) is 0 Å². The van der Waals surface area contributed by atoms with Crippen molar-refractivity contribution in [2.75, 3.05) is 0 Å². The molecule has 0 bridgehead atoms. The first-order valence-corrected chi connectivity index (χ1v) is 22.9. The fourth-order valence-corrected chi connectivity index (χ4v) is 9.02. The smallest absolute Gasteiger partial charge is 0.824 e. The van der Waals surface area contributed by atoms with Crippen LogP contribution in [0.4, 0.5) is 0 Å². The zero-order chi connectivity index (χ0) is 31.3. The Morgan fingerprint density at radius 2 is 0.818 bits per heavy atom. The number of rotatable bonds is 32. The van der Waals surface area contributed by atoms with Crippen LogP contribution < -0.4 is 9.79 Å². The van der Waals surface area contributed by atoms with Gasteiger partial charge in [0.15, 0.2) is 0 Å². The van der Waals surface area contributed by atoms with Gasteiger partial charge in [-0.05, 0) is 42.9 Å². The van der Waals surface area contributed by atoms with E-state index < -0.39 is 5.69 Å². The summed E-state index contributed by atoms with van der Waals surface area (Å²) in [6.07, 6.45) is 40.2. The van der Waals surface area contributed by atoms with E-state index in [1.54, 1.807) is 0 Å². The molecule has 44 heavy (non-hydrogen) atoms. The molecule has 2 nitrogen and oxygen atoms in total. The molecule has 1 aromatic rings. The summed E-state index contributed by atoms with van der Waals surface area (Å²) in [6.45, 7) is 4.57. The molecule has 0 radical (unpaired) electrons. The molecular weight excluding hydrogens is 649 g/mol. The largest absolute Gasteiger partial charge is 2.00 e. The summed E-state index contributed by atoms with van der Waals surface area (Å²) >= 11 is 5.68. The molecule has 0 heterocycles. The van der Waals surface area contributed by atoms with Crippen molar-refractivity contribution in [1.82, 2.24) is 0 Å². The molecule has 6 heteroatoms. The van der Waals surface area contributed by atoms with E-state index in [0.717, 1.165) is 35.5 Å². The Balaban J connectivity index is 0.0000185. The van der Waals surface area contributed by atoms with Gasteiger partial charge in [-0.1, -0.05) is 193 Å². The molecule has 0 aliphatic carbocycles. The minimum Gasteiger partial charge on any atom is -0.824 e. The number of hydrogen-bond acceptors (Lipinski definition) is 4. The summed E-state index contributed by atoms with van der Waals surface area (Å²) in [5.41, 5.74) is -1.22. The van der Waals surface area contributed by atoms with Gasteiger partial charge in [0.2, 0.25) is 0 Å². The molecule has 0 N–H and O–H groups in total. The second kappa shape index (κ2) is 32.3. The fourth-order valence-electron chi connectivity index (χ4n) is 6.34. The van der Waals surface area contributed by atoms with Crippen molar-refractivity contribution in [2.24, 2.45) is 0 Å². The number of benzene rings is 1. The van der Waals surface area contributed by atoms with Gasteiger partial charge in [-0.15, -0.1) is 23.2 Å². The van der Waals surface area contributed by atoms with E-state index in [0.29, 0.717) is 0 Å². The molecule has 0 unspecified atom stereocenters. The van der Waals surface area contributed by atoms with Crippen LogP contribution in [0, 0.1) is 0 Å². The van der Waals surface area contributed by atoms with Crippen molar-refractivity contribution < 1.29 is 29.3 Å². The van der Waals surface area contributed by atoms with Crippen molar-refractivity contribution in [2.45, 2.75) is 211 Å². The molecule has 1 rings (SSSR count). The Labute approximate surface area is 297 Å². The third-order valence-corrected chi connectivity index (χ3v) is 11.8. The molecular formula is C38H69O2PS2Zn. The molecule has 0 atom stereocenters. The van der Waals surface area contributed by atoms with Gasteiger partial charge in [0.05, 0.1) is 0 Å². The maximum atomic E-state index is 12.0. The van der Waals surface area contributed by atoms with Crippen molar-refractivity contribution >= 4 is 28.9 Å². The van der Waals surface area contributed by atoms with E-state index >= 15 is 0 Å². The molecule has 0 aromatic heterocycles. The van der Waals surface area contributed by atoms with Crippen LogP contribution in [-0.2, 0) is 44.1 Å². The van der Waals surface area contributed by atoms with Crippen LogP contribution in [0.5, 0.6) is 0 Å². The van der Waals surface area contributed by atoms with E-state index in [1.807, 2.05) is 12.1 Å². The first-order chi connectivity index (χ1) is 21.0. The Morgan fingerprint density at radius 1 is 0.500 bits per heavy atom. The molecule has 0 aliphatic rings. The van der Waals surface area contributed by atoms with Crippen LogP contribution in [0.1, 0.15) is 205 Å². The maximum absolute atomic E-state index is 12.0. The SMILES string of the molecule is CCCCCCCCCCCCCCCCc1cccc(SP([O-])([O-])=S)c1CCCCCCCCCCCCCCCC.[Zn+2]. The third-order valence-electron chi connectivity index (χ3n) is 9.02. The number of hydrogen-bond donors (Lipinski definition) is 0. The fraction of sp³-hybridized carbons (Fsp3) is 0.842. The van der Waals surface area contributed by atoms with E-state index in [-0.39, 0.29) is 19.5 Å². The van der Waals surface area contributed by atoms with E-state index in [9.17, 15) is 9.79 Å². The van der Waals surface area contributed by atoms with Crippen LogP contribution in [0.3, 0.4) is 0 Å². The van der Waals surface area contributed by atoms with Crippen LogP contribution >= 0.6 is 17.1 Å². The van der Waals surface area contributed by atoms with Crippen molar-refractivity contribution in [3.63, 3.8) is 0 Å². The number of unbranched alkanes of at least 4 members (excludes halogenated alkanes) is 26. The monoisotopic (exact) mass is 716 g/mol. The normalized spacial score (nSPS) is 11.6. The van der Waals surface area contributed by atoms with Gasteiger partial charge in [0.1, 0.15) is 0 Å². The topological polar surface area (TPSA) is 46.1 Å². The van der Waals surface area contributed by atoms with Gasteiger partial charge in [0.25, 0.3) is 0 Å². The molecule has 1 aromatic carbocycles. The minimum absolute atomic E-state index is 0. The molecule has 0 fully saturated rings. The minimum atomic E-state index is -3.82. The second-order valence-electron chi connectivity index (χ2n) is 13.1. The summed E-state index contributed by atoms with van der Waals surface area (Å²) in [5.74, 6) is 0. The van der Waals surface area contributed by atoms with Gasteiger partial charge >= 0.3 is 19.5 Å². The molecule has 0 spiro atoms. The summed E-state index contributed by atoms with van der Waals surface area (Å²) in [5, 5.41) is 0. The molecule has 0 aliphatic heterocycles.